The summed E-state index contributed by atoms with van der Waals surface area (Å²) in [5.74, 6) is 1.93. The number of benzene rings is 1. The van der Waals surface area contributed by atoms with Crippen molar-refractivity contribution in [3.8, 4) is 17.2 Å². The molecule has 0 amide bonds. The van der Waals surface area contributed by atoms with Crippen LogP contribution in [0.3, 0.4) is 0 Å². The maximum absolute atomic E-state index is 5.26. The van der Waals surface area contributed by atoms with Crippen LogP contribution in [0.15, 0.2) is 12.1 Å². The Hall–Kier alpha value is -1.58. The summed E-state index contributed by atoms with van der Waals surface area (Å²) in [6.07, 6.45) is 0. The molecule has 0 atom stereocenters. The maximum atomic E-state index is 5.26. The molecule has 1 aromatic carbocycles. The molecule has 0 aliphatic rings. The first kappa shape index (κ1) is 12.5. The molecule has 0 unspecified atom stereocenters. The number of hydrogen-bond donors (Lipinski definition) is 1. The van der Waals surface area contributed by atoms with Gasteiger partial charge in [0.05, 0.1) is 21.3 Å². The van der Waals surface area contributed by atoms with Crippen LogP contribution in [-0.2, 0) is 0 Å². The van der Waals surface area contributed by atoms with Crippen molar-refractivity contribution >= 4 is 5.69 Å². The van der Waals surface area contributed by atoms with Gasteiger partial charge in [-0.3, -0.25) is 0 Å². The molecule has 4 nitrogen and oxygen atoms in total. The largest absolute Gasteiger partial charge is 0.493 e. The first-order valence-electron chi connectivity index (χ1n) is 5.19. The Balaban J connectivity index is 3.15. The zero-order chi connectivity index (χ0) is 12.1. The molecule has 1 rings (SSSR count). The van der Waals surface area contributed by atoms with E-state index in [0.29, 0.717) is 23.3 Å². The topological polar surface area (TPSA) is 39.7 Å². The Labute approximate surface area is 96.5 Å². The summed E-state index contributed by atoms with van der Waals surface area (Å²) in [6.45, 7) is 4.15. The van der Waals surface area contributed by atoms with Crippen molar-refractivity contribution in [1.82, 2.24) is 0 Å². The second kappa shape index (κ2) is 5.49. The van der Waals surface area contributed by atoms with E-state index < -0.39 is 0 Å². The van der Waals surface area contributed by atoms with Gasteiger partial charge in [-0.2, -0.15) is 0 Å². The van der Waals surface area contributed by atoms with Crippen LogP contribution in [0.4, 0.5) is 5.69 Å². The molecule has 1 aromatic rings. The highest BCUT2D eigenvalue weighted by Gasteiger charge is 2.13. The van der Waals surface area contributed by atoms with Gasteiger partial charge in [-0.25, -0.2) is 0 Å². The smallest absolute Gasteiger partial charge is 0.203 e. The molecule has 0 saturated carbocycles. The zero-order valence-corrected chi connectivity index (χ0v) is 10.5. The van der Waals surface area contributed by atoms with Crippen molar-refractivity contribution in [2.45, 2.75) is 19.9 Å². The van der Waals surface area contributed by atoms with E-state index in [1.54, 1.807) is 21.3 Å². The number of hydrogen-bond acceptors (Lipinski definition) is 4. The Kier molecular flexibility index (Phi) is 4.28. The van der Waals surface area contributed by atoms with E-state index in [1.807, 2.05) is 12.1 Å². The van der Waals surface area contributed by atoms with Gasteiger partial charge in [-0.05, 0) is 13.8 Å². The highest BCUT2D eigenvalue weighted by Crippen LogP contribution is 2.39. The molecular formula is C12H19NO3. The maximum Gasteiger partial charge on any atom is 0.203 e. The summed E-state index contributed by atoms with van der Waals surface area (Å²) >= 11 is 0. The van der Waals surface area contributed by atoms with E-state index in [-0.39, 0.29) is 0 Å². The Bertz CT molecular complexity index is 325. The van der Waals surface area contributed by atoms with Crippen LogP contribution in [0.25, 0.3) is 0 Å². The predicted molar refractivity (Wildman–Crippen MR) is 64.9 cm³/mol. The predicted octanol–water partition coefficient (Wildman–Crippen LogP) is 2.53. The van der Waals surface area contributed by atoms with Gasteiger partial charge >= 0.3 is 0 Å². The van der Waals surface area contributed by atoms with Gasteiger partial charge in [-0.15, -0.1) is 0 Å². The average molecular weight is 225 g/mol. The van der Waals surface area contributed by atoms with Crippen molar-refractivity contribution < 1.29 is 14.2 Å². The molecule has 4 heteroatoms. The molecule has 0 aromatic heterocycles. The molecular weight excluding hydrogens is 206 g/mol. The van der Waals surface area contributed by atoms with Crippen molar-refractivity contribution in [3.05, 3.63) is 12.1 Å². The SMILES string of the molecule is COc1cc(NC(C)C)cc(OC)c1OC. The minimum atomic E-state index is 0.350. The minimum Gasteiger partial charge on any atom is -0.493 e. The van der Waals surface area contributed by atoms with E-state index in [2.05, 4.69) is 19.2 Å². The van der Waals surface area contributed by atoms with Crippen LogP contribution in [0.1, 0.15) is 13.8 Å². The molecule has 1 N–H and O–H groups in total. The van der Waals surface area contributed by atoms with Crippen LogP contribution < -0.4 is 19.5 Å². The summed E-state index contributed by atoms with van der Waals surface area (Å²) in [7, 11) is 4.81. The highest BCUT2D eigenvalue weighted by atomic mass is 16.5. The van der Waals surface area contributed by atoms with Gasteiger partial charge in [0.1, 0.15) is 0 Å². The summed E-state index contributed by atoms with van der Waals surface area (Å²) in [5, 5.41) is 3.29. The lowest BCUT2D eigenvalue weighted by molar-refractivity contribution is 0.324. The van der Waals surface area contributed by atoms with Gasteiger partial charge < -0.3 is 19.5 Å². The zero-order valence-electron chi connectivity index (χ0n) is 10.5. The third-order valence-corrected chi connectivity index (χ3v) is 2.12. The summed E-state index contributed by atoms with van der Waals surface area (Å²) in [5.41, 5.74) is 0.949. The standard InChI is InChI=1S/C12H19NO3/c1-8(2)13-9-6-10(14-3)12(16-5)11(7-9)15-4/h6-8,13H,1-5H3. The molecule has 16 heavy (non-hydrogen) atoms. The lowest BCUT2D eigenvalue weighted by Gasteiger charge is -2.16. The van der Waals surface area contributed by atoms with E-state index in [4.69, 9.17) is 14.2 Å². The third kappa shape index (κ3) is 2.72. The molecule has 0 fully saturated rings. The second-order valence-electron chi connectivity index (χ2n) is 3.71. The number of anilines is 1. The van der Waals surface area contributed by atoms with Crippen molar-refractivity contribution in [2.75, 3.05) is 26.6 Å². The second-order valence-corrected chi connectivity index (χ2v) is 3.71. The molecule has 0 heterocycles. The molecule has 0 aliphatic carbocycles. The van der Waals surface area contributed by atoms with Gasteiger partial charge in [0, 0.05) is 23.9 Å². The number of ether oxygens (including phenoxy) is 3. The molecule has 90 valence electrons. The third-order valence-electron chi connectivity index (χ3n) is 2.12. The van der Waals surface area contributed by atoms with Gasteiger partial charge in [0.25, 0.3) is 0 Å². The summed E-state index contributed by atoms with van der Waals surface area (Å²) < 4.78 is 15.8. The van der Waals surface area contributed by atoms with Crippen molar-refractivity contribution in [3.63, 3.8) is 0 Å². The number of nitrogens with one attached hydrogen (secondary N) is 1. The van der Waals surface area contributed by atoms with Gasteiger partial charge in [-0.1, -0.05) is 0 Å². The molecule has 0 saturated heterocycles. The molecule has 0 aliphatic heterocycles. The quantitative estimate of drug-likeness (QED) is 0.836. The van der Waals surface area contributed by atoms with E-state index in [0.717, 1.165) is 5.69 Å². The van der Waals surface area contributed by atoms with Crippen LogP contribution in [0, 0.1) is 0 Å². The van der Waals surface area contributed by atoms with Crippen LogP contribution >= 0.6 is 0 Å². The lowest BCUT2D eigenvalue weighted by Crippen LogP contribution is -2.10. The monoisotopic (exact) mass is 225 g/mol. The summed E-state index contributed by atoms with van der Waals surface area (Å²) in [6, 6.07) is 4.13. The Morgan fingerprint density at radius 3 is 1.75 bits per heavy atom. The van der Waals surface area contributed by atoms with Crippen LogP contribution in [-0.4, -0.2) is 27.4 Å². The molecule has 0 bridgehead atoms. The molecule has 0 spiro atoms. The minimum absolute atomic E-state index is 0.350. The van der Waals surface area contributed by atoms with Crippen LogP contribution in [0.5, 0.6) is 17.2 Å². The first-order valence-corrected chi connectivity index (χ1v) is 5.19. The van der Waals surface area contributed by atoms with Gasteiger partial charge in [0.15, 0.2) is 11.5 Å². The van der Waals surface area contributed by atoms with E-state index >= 15 is 0 Å². The summed E-state index contributed by atoms with van der Waals surface area (Å²) in [4.78, 5) is 0. The normalized spacial score (nSPS) is 10.1. The Morgan fingerprint density at radius 2 is 1.44 bits per heavy atom. The highest BCUT2D eigenvalue weighted by molar-refractivity contribution is 5.62. The van der Waals surface area contributed by atoms with E-state index in [1.165, 1.54) is 0 Å². The van der Waals surface area contributed by atoms with Gasteiger partial charge in [0.2, 0.25) is 5.75 Å². The fraction of sp³-hybridized carbons (Fsp3) is 0.500. The fourth-order valence-corrected chi connectivity index (χ4v) is 1.50. The lowest BCUT2D eigenvalue weighted by atomic mass is 10.2. The average Bonchev–Trinajstić information content (AvgIpc) is 2.26. The fourth-order valence-electron chi connectivity index (χ4n) is 1.50. The first-order chi connectivity index (χ1) is 7.62. The van der Waals surface area contributed by atoms with Crippen molar-refractivity contribution in [2.24, 2.45) is 0 Å². The van der Waals surface area contributed by atoms with Crippen LogP contribution in [0.2, 0.25) is 0 Å². The molecule has 0 radical (unpaired) electrons. The van der Waals surface area contributed by atoms with E-state index in [9.17, 15) is 0 Å². The number of rotatable bonds is 5. The Morgan fingerprint density at radius 1 is 0.938 bits per heavy atom. The number of methoxy groups -OCH3 is 3. The van der Waals surface area contributed by atoms with Crippen molar-refractivity contribution in [1.29, 1.82) is 0 Å².